The molecule has 2 N–H and O–H groups in total. The Morgan fingerprint density at radius 1 is 0.926 bits per heavy atom. The van der Waals surface area contributed by atoms with Crippen molar-refractivity contribution in [1.29, 1.82) is 0 Å². The zero-order valence-electron chi connectivity index (χ0n) is 14.3. The summed E-state index contributed by atoms with van der Waals surface area (Å²) in [6, 6.07) is 18.2. The molecule has 0 heterocycles. The van der Waals surface area contributed by atoms with Crippen LogP contribution in [0.3, 0.4) is 0 Å². The molecule has 27 heavy (non-hydrogen) atoms. The van der Waals surface area contributed by atoms with Crippen LogP contribution in [0, 0.1) is 0 Å². The van der Waals surface area contributed by atoms with Gasteiger partial charge in [-0.3, -0.25) is 9.59 Å². The number of carbonyl (C=O) groups is 2. The molecule has 0 fully saturated rings. The van der Waals surface area contributed by atoms with Gasteiger partial charge >= 0.3 is 11.8 Å². The Bertz CT molecular complexity index is 1060. The molecule has 5 nitrogen and oxygen atoms in total. The summed E-state index contributed by atoms with van der Waals surface area (Å²) in [6.45, 7) is 1.76. The summed E-state index contributed by atoms with van der Waals surface area (Å²) >= 11 is 11.8. The van der Waals surface area contributed by atoms with Crippen molar-refractivity contribution < 1.29 is 9.59 Å². The molecule has 0 unspecified atom stereocenters. The van der Waals surface area contributed by atoms with Crippen LogP contribution in [-0.2, 0) is 9.59 Å². The highest BCUT2D eigenvalue weighted by Crippen LogP contribution is 2.25. The maximum Gasteiger partial charge on any atom is 0.329 e. The van der Waals surface area contributed by atoms with Crippen LogP contribution in [0.2, 0.25) is 10.0 Å². The van der Waals surface area contributed by atoms with E-state index in [1.807, 2.05) is 42.5 Å². The highest BCUT2D eigenvalue weighted by molar-refractivity contribution is 6.42. The van der Waals surface area contributed by atoms with Crippen LogP contribution in [0.15, 0.2) is 65.8 Å². The topological polar surface area (TPSA) is 70.6 Å². The van der Waals surface area contributed by atoms with E-state index in [0.29, 0.717) is 10.7 Å². The Hall–Kier alpha value is -2.89. The molecule has 0 atom stereocenters. The van der Waals surface area contributed by atoms with Crippen molar-refractivity contribution in [2.45, 2.75) is 6.92 Å². The van der Waals surface area contributed by atoms with Gasteiger partial charge in [0.05, 0.1) is 16.4 Å². The van der Waals surface area contributed by atoms with Gasteiger partial charge in [-0.2, -0.15) is 5.10 Å². The van der Waals surface area contributed by atoms with Gasteiger partial charge in [-0.1, -0.05) is 65.7 Å². The van der Waals surface area contributed by atoms with E-state index >= 15 is 0 Å². The van der Waals surface area contributed by atoms with E-state index in [-0.39, 0.29) is 10.7 Å². The number of nitrogens with one attached hydrogen (secondary N) is 2. The van der Waals surface area contributed by atoms with Crippen LogP contribution < -0.4 is 10.7 Å². The number of benzene rings is 3. The Morgan fingerprint density at radius 3 is 2.48 bits per heavy atom. The normalized spacial score (nSPS) is 11.3. The minimum Gasteiger partial charge on any atom is -0.316 e. The lowest BCUT2D eigenvalue weighted by atomic mass is 10.0. The lowest BCUT2D eigenvalue weighted by molar-refractivity contribution is -0.136. The van der Waals surface area contributed by atoms with Gasteiger partial charge in [-0.05, 0) is 35.9 Å². The summed E-state index contributed by atoms with van der Waals surface area (Å²) in [4.78, 5) is 24.1. The molecule has 0 aliphatic heterocycles. The second-order valence-corrected chi connectivity index (χ2v) is 6.59. The molecule has 0 radical (unpaired) electrons. The van der Waals surface area contributed by atoms with Crippen molar-refractivity contribution in [3.8, 4) is 0 Å². The van der Waals surface area contributed by atoms with E-state index in [4.69, 9.17) is 23.2 Å². The molecule has 3 aromatic rings. The van der Waals surface area contributed by atoms with Crippen LogP contribution in [0.25, 0.3) is 10.8 Å². The predicted octanol–water partition coefficient (Wildman–Crippen LogP) is 4.63. The van der Waals surface area contributed by atoms with Gasteiger partial charge in [-0.25, -0.2) is 5.43 Å². The number of amides is 2. The monoisotopic (exact) mass is 399 g/mol. The third-order valence-corrected chi connectivity index (χ3v) is 4.45. The van der Waals surface area contributed by atoms with Gasteiger partial charge in [-0.15, -0.1) is 0 Å². The van der Waals surface area contributed by atoms with Crippen molar-refractivity contribution in [1.82, 2.24) is 5.43 Å². The van der Waals surface area contributed by atoms with E-state index in [9.17, 15) is 9.59 Å². The molecule has 3 aromatic carbocycles. The van der Waals surface area contributed by atoms with E-state index in [0.717, 1.165) is 16.3 Å². The lowest BCUT2D eigenvalue weighted by Gasteiger charge is -2.08. The third-order valence-electron chi connectivity index (χ3n) is 3.89. The number of rotatable bonds is 3. The molecule has 0 aromatic heterocycles. The molecule has 3 rings (SSSR count). The number of anilines is 1. The summed E-state index contributed by atoms with van der Waals surface area (Å²) in [5.41, 5.74) is 3.95. The SMILES string of the molecule is C/C(=N\NC(=O)C(=O)Nc1cc(Cl)ccc1Cl)c1cccc2ccccc12. The Balaban J connectivity index is 1.73. The number of fused-ring (bicyclic) bond motifs is 1. The predicted molar refractivity (Wildman–Crippen MR) is 109 cm³/mol. The molecule has 0 aliphatic rings. The molecule has 7 heteroatoms. The fraction of sp³-hybridized carbons (Fsp3) is 0.0500. The maximum absolute atomic E-state index is 12.0. The van der Waals surface area contributed by atoms with Crippen molar-refractivity contribution in [3.05, 3.63) is 76.3 Å². The van der Waals surface area contributed by atoms with Gasteiger partial charge in [0, 0.05) is 10.6 Å². The lowest BCUT2D eigenvalue weighted by Crippen LogP contribution is -2.33. The molecule has 0 saturated carbocycles. The van der Waals surface area contributed by atoms with Crippen LogP contribution in [-0.4, -0.2) is 17.5 Å². The fourth-order valence-corrected chi connectivity index (χ4v) is 2.90. The number of halogens is 2. The van der Waals surface area contributed by atoms with Crippen molar-refractivity contribution >= 4 is 57.2 Å². The second kappa shape index (κ2) is 8.20. The molecule has 2 amide bonds. The van der Waals surface area contributed by atoms with Crippen LogP contribution in [0.1, 0.15) is 12.5 Å². The molecular formula is C20H15Cl2N3O2. The standard InChI is InChI=1S/C20H15Cl2N3O2/c1-12(15-8-4-6-13-5-2-3-7-16(13)15)24-25-20(27)19(26)23-18-11-14(21)9-10-17(18)22/h2-11H,1H3,(H,23,26)(H,25,27)/b24-12+. The van der Waals surface area contributed by atoms with Gasteiger partial charge in [0.25, 0.3) is 0 Å². The smallest absolute Gasteiger partial charge is 0.316 e. The number of hydrazone groups is 1. The number of carbonyl (C=O) groups excluding carboxylic acids is 2. The highest BCUT2D eigenvalue weighted by atomic mass is 35.5. The van der Waals surface area contributed by atoms with Crippen LogP contribution >= 0.6 is 23.2 Å². The number of hydrogen-bond donors (Lipinski definition) is 2. The highest BCUT2D eigenvalue weighted by Gasteiger charge is 2.15. The molecule has 0 spiro atoms. The first-order valence-corrected chi connectivity index (χ1v) is 8.80. The zero-order valence-corrected chi connectivity index (χ0v) is 15.8. The van der Waals surface area contributed by atoms with Gasteiger partial charge in [0.1, 0.15) is 0 Å². The van der Waals surface area contributed by atoms with Gasteiger partial charge in [0.15, 0.2) is 0 Å². The molecule has 0 bridgehead atoms. The van der Waals surface area contributed by atoms with Gasteiger partial charge < -0.3 is 5.32 Å². The summed E-state index contributed by atoms with van der Waals surface area (Å²) in [5, 5.41) is 9.18. The summed E-state index contributed by atoms with van der Waals surface area (Å²) in [7, 11) is 0. The fourth-order valence-electron chi connectivity index (χ4n) is 2.56. The average Bonchev–Trinajstić information content (AvgIpc) is 2.68. The number of nitrogens with zero attached hydrogens (tertiary/aromatic N) is 1. The molecule has 0 saturated heterocycles. The van der Waals surface area contributed by atoms with Crippen LogP contribution in [0.4, 0.5) is 5.69 Å². The summed E-state index contributed by atoms with van der Waals surface area (Å²) < 4.78 is 0. The molecular weight excluding hydrogens is 385 g/mol. The first-order chi connectivity index (χ1) is 13.0. The maximum atomic E-state index is 12.0. The third kappa shape index (κ3) is 4.45. The molecule has 0 aliphatic carbocycles. The average molecular weight is 400 g/mol. The number of hydrogen-bond acceptors (Lipinski definition) is 3. The van der Waals surface area contributed by atoms with Crippen molar-refractivity contribution in [2.24, 2.45) is 5.10 Å². The first-order valence-electron chi connectivity index (χ1n) is 8.04. The molecule has 136 valence electrons. The quantitative estimate of drug-likeness (QED) is 0.383. The minimum absolute atomic E-state index is 0.249. The van der Waals surface area contributed by atoms with E-state index in [1.165, 1.54) is 12.1 Å². The Morgan fingerprint density at radius 2 is 1.67 bits per heavy atom. The van der Waals surface area contributed by atoms with E-state index < -0.39 is 11.8 Å². The summed E-state index contributed by atoms with van der Waals surface area (Å²) in [5.74, 6) is -1.81. The van der Waals surface area contributed by atoms with Crippen molar-refractivity contribution in [3.63, 3.8) is 0 Å². The van der Waals surface area contributed by atoms with Crippen molar-refractivity contribution in [2.75, 3.05) is 5.32 Å². The zero-order chi connectivity index (χ0) is 19.4. The Kier molecular flexibility index (Phi) is 5.74. The Labute approximate surface area is 166 Å². The van der Waals surface area contributed by atoms with Crippen LogP contribution in [0.5, 0.6) is 0 Å². The van der Waals surface area contributed by atoms with Gasteiger partial charge in [0.2, 0.25) is 0 Å². The largest absolute Gasteiger partial charge is 0.329 e. The minimum atomic E-state index is -0.911. The van der Waals surface area contributed by atoms with E-state index in [2.05, 4.69) is 15.8 Å². The summed E-state index contributed by atoms with van der Waals surface area (Å²) in [6.07, 6.45) is 0. The van der Waals surface area contributed by atoms with E-state index in [1.54, 1.807) is 13.0 Å². The second-order valence-electron chi connectivity index (χ2n) is 5.74. The first kappa shape index (κ1) is 18.9.